The van der Waals surface area contributed by atoms with Crippen molar-refractivity contribution in [3.8, 4) is 0 Å². The molecule has 1 aliphatic rings. The molecular formula is C14H24N2S. The van der Waals surface area contributed by atoms with Gasteiger partial charge in [0, 0.05) is 18.0 Å². The predicted octanol–water partition coefficient (Wildman–Crippen LogP) is 2.79. The lowest BCUT2D eigenvalue weighted by atomic mass is 9.81. The molecule has 0 bridgehead atoms. The van der Waals surface area contributed by atoms with Gasteiger partial charge in [-0.2, -0.15) is 0 Å². The SMILES string of the molecule is CCc1ccsc1CNCC1(C)CCNCC1. The highest BCUT2D eigenvalue weighted by atomic mass is 32.1. The third kappa shape index (κ3) is 3.54. The topological polar surface area (TPSA) is 24.1 Å². The number of nitrogens with one attached hydrogen (secondary N) is 2. The maximum Gasteiger partial charge on any atom is 0.0302 e. The van der Waals surface area contributed by atoms with Crippen LogP contribution in [0.3, 0.4) is 0 Å². The summed E-state index contributed by atoms with van der Waals surface area (Å²) in [5.74, 6) is 0. The number of rotatable bonds is 5. The van der Waals surface area contributed by atoms with Crippen LogP contribution in [-0.4, -0.2) is 19.6 Å². The van der Waals surface area contributed by atoms with Gasteiger partial charge in [0.05, 0.1) is 0 Å². The van der Waals surface area contributed by atoms with Crippen molar-refractivity contribution in [2.75, 3.05) is 19.6 Å². The molecular weight excluding hydrogens is 228 g/mol. The Morgan fingerprint density at radius 3 is 2.88 bits per heavy atom. The van der Waals surface area contributed by atoms with Crippen molar-refractivity contribution in [3.05, 3.63) is 21.9 Å². The smallest absolute Gasteiger partial charge is 0.0302 e. The van der Waals surface area contributed by atoms with E-state index in [0.29, 0.717) is 5.41 Å². The average molecular weight is 252 g/mol. The van der Waals surface area contributed by atoms with E-state index < -0.39 is 0 Å². The van der Waals surface area contributed by atoms with Gasteiger partial charge >= 0.3 is 0 Å². The first-order valence-corrected chi connectivity index (χ1v) is 7.58. The lowest BCUT2D eigenvalue weighted by Crippen LogP contribution is -2.41. The number of aryl methyl sites for hydroxylation is 1. The molecule has 0 saturated carbocycles. The van der Waals surface area contributed by atoms with Crippen molar-refractivity contribution in [1.29, 1.82) is 0 Å². The Labute approximate surface area is 109 Å². The summed E-state index contributed by atoms with van der Waals surface area (Å²) in [5.41, 5.74) is 2.01. The molecule has 0 amide bonds. The summed E-state index contributed by atoms with van der Waals surface area (Å²) in [5, 5.41) is 9.30. The van der Waals surface area contributed by atoms with E-state index in [2.05, 4.69) is 35.9 Å². The number of hydrogen-bond acceptors (Lipinski definition) is 3. The molecule has 0 radical (unpaired) electrons. The normalized spacial score (nSPS) is 19.4. The minimum atomic E-state index is 0.495. The van der Waals surface area contributed by atoms with Crippen LogP contribution in [-0.2, 0) is 13.0 Å². The van der Waals surface area contributed by atoms with Gasteiger partial charge in [0.1, 0.15) is 0 Å². The number of hydrogen-bond donors (Lipinski definition) is 2. The minimum Gasteiger partial charge on any atom is -0.317 e. The van der Waals surface area contributed by atoms with Crippen LogP contribution < -0.4 is 10.6 Å². The molecule has 0 atom stereocenters. The summed E-state index contributed by atoms with van der Waals surface area (Å²) in [6.07, 6.45) is 3.75. The second-order valence-electron chi connectivity index (χ2n) is 5.39. The highest BCUT2D eigenvalue weighted by Gasteiger charge is 2.25. The number of piperidine rings is 1. The maximum absolute atomic E-state index is 3.66. The molecule has 17 heavy (non-hydrogen) atoms. The standard InChI is InChI=1S/C14H24N2S/c1-3-12-4-9-17-13(12)10-16-11-14(2)5-7-15-8-6-14/h4,9,15-16H,3,5-8,10-11H2,1-2H3. The molecule has 1 aromatic rings. The zero-order valence-electron chi connectivity index (χ0n) is 11.0. The van der Waals surface area contributed by atoms with Crippen LogP contribution >= 0.6 is 11.3 Å². The van der Waals surface area contributed by atoms with Crippen LogP contribution in [0, 0.1) is 5.41 Å². The van der Waals surface area contributed by atoms with Crippen molar-refractivity contribution < 1.29 is 0 Å². The quantitative estimate of drug-likeness (QED) is 0.842. The van der Waals surface area contributed by atoms with Crippen molar-refractivity contribution in [2.24, 2.45) is 5.41 Å². The zero-order chi connectivity index (χ0) is 12.1. The molecule has 2 heterocycles. The van der Waals surface area contributed by atoms with Crippen molar-refractivity contribution in [3.63, 3.8) is 0 Å². The Morgan fingerprint density at radius 2 is 2.18 bits per heavy atom. The third-order valence-corrected chi connectivity index (χ3v) is 4.83. The van der Waals surface area contributed by atoms with Crippen LogP contribution in [0.5, 0.6) is 0 Å². The fourth-order valence-electron chi connectivity index (χ4n) is 2.52. The molecule has 3 heteroatoms. The molecule has 2 nitrogen and oxygen atoms in total. The molecule has 1 saturated heterocycles. The molecule has 2 rings (SSSR count). The largest absolute Gasteiger partial charge is 0.317 e. The highest BCUT2D eigenvalue weighted by molar-refractivity contribution is 7.10. The zero-order valence-corrected chi connectivity index (χ0v) is 11.8. The molecule has 0 aliphatic carbocycles. The Bertz CT molecular complexity index is 340. The van der Waals surface area contributed by atoms with Crippen LogP contribution in [0.1, 0.15) is 37.1 Å². The highest BCUT2D eigenvalue weighted by Crippen LogP contribution is 2.27. The van der Waals surface area contributed by atoms with Gasteiger partial charge in [0.25, 0.3) is 0 Å². The lowest BCUT2D eigenvalue weighted by Gasteiger charge is -2.34. The Morgan fingerprint density at radius 1 is 1.41 bits per heavy atom. The van der Waals surface area contributed by atoms with Crippen molar-refractivity contribution >= 4 is 11.3 Å². The molecule has 1 fully saturated rings. The van der Waals surface area contributed by atoms with Gasteiger partial charge in [-0.25, -0.2) is 0 Å². The lowest BCUT2D eigenvalue weighted by molar-refractivity contribution is 0.220. The summed E-state index contributed by atoms with van der Waals surface area (Å²) in [6.45, 7) is 9.20. The molecule has 1 aliphatic heterocycles. The molecule has 0 unspecified atom stereocenters. The van der Waals surface area contributed by atoms with Gasteiger partial charge in [-0.3, -0.25) is 0 Å². The maximum atomic E-state index is 3.66. The Kier molecular flexibility index (Phi) is 4.60. The van der Waals surface area contributed by atoms with Gasteiger partial charge in [0.15, 0.2) is 0 Å². The molecule has 2 N–H and O–H groups in total. The van der Waals surface area contributed by atoms with E-state index in [9.17, 15) is 0 Å². The van der Waals surface area contributed by atoms with Gasteiger partial charge in [0.2, 0.25) is 0 Å². The molecule has 0 spiro atoms. The van der Waals surface area contributed by atoms with Gasteiger partial charge < -0.3 is 10.6 Å². The van der Waals surface area contributed by atoms with E-state index in [0.717, 1.165) is 19.5 Å². The van der Waals surface area contributed by atoms with Crippen molar-refractivity contribution in [1.82, 2.24) is 10.6 Å². The van der Waals surface area contributed by atoms with E-state index in [4.69, 9.17) is 0 Å². The summed E-state index contributed by atoms with van der Waals surface area (Å²) in [7, 11) is 0. The van der Waals surface area contributed by atoms with Crippen LogP contribution in [0.4, 0.5) is 0 Å². The predicted molar refractivity (Wildman–Crippen MR) is 75.6 cm³/mol. The van der Waals surface area contributed by atoms with Crippen LogP contribution in [0.2, 0.25) is 0 Å². The fraction of sp³-hybridized carbons (Fsp3) is 0.714. The first-order chi connectivity index (χ1) is 8.23. The second kappa shape index (κ2) is 5.98. The Hall–Kier alpha value is -0.380. The average Bonchev–Trinajstić information content (AvgIpc) is 2.77. The van der Waals surface area contributed by atoms with E-state index in [1.165, 1.54) is 36.4 Å². The first-order valence-electron chi connectivity index (χ1n) is 6.70. The van der Waals surface area contributed by atoms with Crippen molar-refractivity contribution in [2.45, 2.75) is 39.7 Å². The second-order valence-corrected chi connectivity index (χ2v) is 6.39. The van der Waals surface area contributed by atoms with E-state index in [1.807, 2.05) is 11.3 Å². The van der Waals surface area contributed by atoms with Crippen LogP contribution in [0.15, 0.2) is 11.4 Å². The van der Waals surface area contributed by atoms with Crippen LogP contribution in [0.25, 0.3) is 0 Å². The summed E-state index contributed by atoms with van der Waals surface area (Å²) in [4.78, 5) is 1.52. The van der Waals surface area contributed by atoms with Gasteiger partial charge in [-0.05, 0) is 54.8 Å². The summed E-state index contributed by atoms with van der Waals surface area (Å²) < 4.78 is 0. The monoisotopic (exact) mass is 252 g/mol. The first kappa shape index (κ1) is 13.1. The summed E-state index contributed by atoms with van der Waals surface area (Å²) in [6, 6.07) is 2.26. The molecule has 0 aromatic carbocycles. The Balaban J connectivity index is 1.79. The van der Waals surface area contributed by atoms with E-state index in [-0.39, 0.29) is 0 Å². The van der Waals surface area contributed by atoms with Gasteiger partial charge in [-0.15, -0.1) is 11.3 Å². The van der Waals surface area contributed by atoms with E-state index >= 15 is 0 Å². The summed E-state index contributed by atoms with van der Waals surface area (Å²) >= 11 is 1.88. The third-order valence-electron chi connectivity index (χ3n) is 3.87. The van der Waals surface area contributed by atoms with E-state index in [1.54, 1.807) is 0 Å². The molecule has 96 valence electrons. The minimum absolute atomic E-state index is 0.495. The fourth-order valence-corrected chi connectivity index (χ4v) is 3.47. The molecule has 1 aromatic heterocycles. The van der Waals surface area contributed by atoms with Gasteiger partial charge in [-0.1, -0.05) is 13.8 Å². The number of thiophene rings is 1.